The van der Waals surface area contributed by atoms with Crippen LogP contribution in [-0.4, -0.2) is 46.9 Å². The highest BCUT2D eigenvalue weighted by Gasteiger charge is 2.47. The third kappa shape index (κ3) is 8.22. The van der Waals surface area contributed by atoms with Gasteiger partial charge in [0.2, 0.25) is 0 Å². The summed E-state index contributed by atoms with van der Waals surface area (Å²) in [7, 11) is 1.40. The molecule has 0 aromatic heterocycles. The zero-order valence-corrected chi connectivity index (χ0v) is 22.0. The van der Waals surface area contributed by atoms with E-state index < -0.39 is 5.41 Å². The molecule has 4 nitrogen and oxygen atoms in total. The molecule has 4 atom stereocenters. The fraction of sp³-hybridized carbons (Fsp3) is 0.815. The SMILES string of the molecule is CCCCC=C(CC)CCSC[C@@H]1[C@H](C/C=C\CCC(C)(C)C(=O)N(C)O)[C@@H]2CC[C@H]1O2. The van der Waals surface area contributed by atoms with Gasteiger partial charge >= 0.3 is 0 Å². The van der Waals surface area contributed by atoms with Crippen molar-refractivity contribution in [2.24, 2.45) is 17.3 Å². The molecule has 0 aromatic carbocycles. The van der Waals surface area contributed by atoms with Crippen LogP contribution in [0.5, 0.6) is 0 Å². The number of unbranched alkanes of at least 4 members (excludes halogenated alkanes) is 2. The number of carbonyl (C=O) groups is 1. The molecule has 2 aliphatic rings. The number of ether oxygens (including phenoxy) is 1. The average molecular weight is 466 g/mol. The van der Waals surface area contributed by atoms with Crippen LogP contribution < -0.4 is 0 Å². The molecule has 5 heteroatoms. The van der Waals surface area contributed by atoms with Crippen molar-refractivity contribution < 1.29 is 14.7 Å². The van der Waals surface area contributed by atoms with Gasteiger partial charge in [0.25, 0.3) is 5.91 Å². The molecule has 0 aromatic rings. The first-order chi connectivity index (χ1) is 15.3. The van der Waals surface area contributed by atoms with E-state index in [1.165, 1.54) is 63.5 Å². The maximum atomic E-state index is 12.0. The number of rotatable bonds is 15. The number of allylic oxidation sites excluding steroid dienone is 4. The quantitative estimate of drug-likeness (QED) is 0.122. The van der Waals surface area contributed by atoms with Gasteiger partial charge in [0.15, 0.2) is 0 Å². The van der Waals surface area contributed by atoms with Gasteiger partial charge < -0.3 is 4.74 Å². The van der Waals surface area contributed by atoms with Gasteiger partial charge in [-0.1, -0.05) is 64.3 Å². The molecular formula is C27H47NO3S. The fourth-order valence-corrected chi connectivity index (χ4v) is 6.45. The Hall–Kier alpha value is -0.780. The predicted molar refractivity (Wildman–Crippen MR) is 136 cm³/mol. The van der Waals surface area contributed by atoms with E-state index in [0.29, 0.717) is 29.1 Å². The number of hydrogen-bond donors (Lipinski definition) is 1. The van der Waals surface area contributed by atoms with Gasteiger partial charge in [0, 0.05) is 12.5 Å². The molecule has 2 rings (SSSR count). The molecule has 32 heavy (non-hydrogen) atoms. The van der Waals surface area contributed by atoms with Crippen LogP contribution >= 0.6 is 11.8 Å². The Balaban J connectivity index is 1.75. The molecule has 1 amide bonds. The lowest BCUT2D eigenvalue weighted by Crippen LogP contribution is -2.36. The second-order valence-electron chi connectivity index (χ2n) is 10.3. The largest absolute Gasteiger partial charge is 0.374 e. The number of fused-ring (bicyclic) bond motifs is 2. The van der Waals surface area contributed by atoms with Crippen molar-refractivity contribution in [1.82, 2.24) is 5.06 Å². The normalized spacial score (nSPS) is 25.8. The summed E-state index contributed by atoms with van der Waals surface area (Å²) < 4.78 is 6.29. The molecule has 0 saturated carbocycles. The molecule has 2 fully saturated rings. The van der Waals surface area contributed by atoms with Gasteiger partial charge in [-0.25, -0.2) is 5.06 Å². The lowest BCUT2D eigenvalue weighted by molar-refractivity contribution is -0.169. The summed E-state index contributed by atoms with van der Waals surface area (Å²) in [5.74, 6) is 3.54. The van der Waals surface area contributed by atoms with Gasteiger partial charge in [-0.15, -0.1) is 0 Å². The van der Waals surface area contributed by atoms with E-state index >= 15 is 0 Å². The summed E-state index contributed by atoms with van der Waals surface area (Å²) in [4.78, 5) is 12.0. The zero-order valence-electron chi connectivity index (χ0n) is 21.1. The topological polar surface area (TPSA) is 49.8 Å². The third-order valence-corrected chi connectivity index (χ3v) is 8.41. The molecular weight excluding hydrogens is 418 g/mol. The standard InChI is InChI=1S/C27H47NO3S/c1-6-8-10-13-21(7-2)17-19-32-20-23-22(24-15-16-25(23)31-24)14-11-9-12-18-27(3,4)26(29)28(5)30/h9,11,13,22-25,30H,6-8,10,12,14-20H2,1-5H3/b11-9-,21-13?/t22-,23+,24-,25+/m0/s1. The van der Waals surface area contributed by atoms with Crippen LogP contribution in [0.1, 0.15) is 91.9 Å². The Kier molecular flexibility index (Phi) is 11.9. The number of amides is 1. The van der Waals surface area contributed by atoms with Crippen LogP contribution in [0, 0.1) is 17.3 Å². The van der Waals surface area contributed by atoms with Crippen LogP contribution in [0.3, 0.4) is 0 Å². The van der Waals surface area contributed by atoms with Gasteiger partial charge in [-0.05, 0) is 74.7 Å². The highest BCUT2D eigenvalue weighted by Crippen LogP contribution is 2.46. The Morgan fingerprint density at radius 2 is 1.88 bits per heavy atom. The summed E-state index contributed by atoms with van der Waals surface area (Å²) in [5.41, 5.74) is 1.09. The monoisotopic (exact) mass is 465 g/mol. The van der Waals surface area contributed by atoms with E-state index in [4.69, 9.17) is 4.74 Å². The number of nitrogens with zero attached hydrogens (tertiary/aromatic N) is 1. The fourth-order valence-electron chi connectivity index (χ4n) is 5.14. The van der Waals surface area contributed by atoms with Gasteiger partial charge in [0.1, 0.15) is 0 Å². The smallest absolute Gasteiger partial charge is 0.251 e. The van der Waals surface area contributed by atoms with E-state index in [-0.39, 0.29) is 5.91 Å². The Bertz CT molecular complexity index is 628. The summed E-state index contributed by atoms with van der Waals surface area (Å²) >= 11 is 2.12. The molecule has 1 N–H and O–H groups in total. The van der Waals surface area contributed by atoms with Crippen LogP contribution in [0.2, 0.25) is 0 Å². The first-order valence-corrected chi connectivity index (χ1v) is 14.0. The Morgan fingerprint density at radius 3 is 2.53 bits per heavy atom. The molecule has 0 spiro atoms. The first-order valence-electron chi connectivity index (χ1n) is 12.8. The first kappa shape index (κ1) is 27.5. The van der Waals surface area contributed by atoms with Crippen molar-refractivity contribution in [2.75, 3.05) is 18.6 Å². The minimum atomic E-state index is -0.537. The average Bonchev–Trinajstić information content (AvgIpc) is 3.36. The molecule has 2 heterocycles. The molecule has 2 bridgehead atoms. The third-order valence-electron chi connectivity index (χ3n) is 7.30. The van der Waals surface area contributed by atoms with Crippen molar-refractivity contribution >= 4 is 17.7 Å². The van der Waals surface area contributed by atoms with Crippen molar-refractivity contribution in [3.8, 4) is 0 Å². The molecule has 2 aliphatic heterocycles. The molecule has 184 valence electrons. The Labute approximate surface area is 201 Å². The van der Waals surface area contributed by atoms with Crippen molar-refractivity contribution in [1.29, 1.82) is 0 Å². The minimum absolute atomic E-state index is 0.226. The highest BCUT2D eigenvalue weighted by molar-refractivity contribution is 7.99. The number of carbonyl (C=O) groups excluding carboxylic acids is 1. The maximum Gasteiger partial charge on any atom is 0.251 e. The highest BCUT2D eigenvalue weighted by atomic mass is 32.2. The molecule has 2 saturated heterocycles. The van der Waals surface area contributed by atoms with Gasteiger partial charge in [-0.3, -0.25) is 10.0 Å². The second kappa shape index (κ2) is 13.8. The summed E-state index contributed by atoms with van der Waals surface area (Å²) in [6.45, 7) is 8.34. The molecule has 0 unspecified atom stereocenters. The van der Waals surface area contributed by atoms with Crippen LogP contribution in [0.15, 0.2) is 23.8 Å². The Morgan fingerprint density at radius 1 is 1.16 bits per heavy atom. The molecule has 0 aliphatic carbocycles. The lowest BCUT2D eigenvalue weighted by atomic mass is 9.78. The van der Waals surface area contributed by atoms with Crippen molar-refractivity contribution in [3.63, 3.8) is 0 Å². The maximum absolute atomic E-state index is 12.0. The summed E-state index contributed by atoms with van der Waals surface area (Å²) in [5, 5.41) is 10.1. The van der Waals surface area contributed by atoms with E-state index in [9.17, 15) is 10.0 Å². The molecule has 0 radical (unpaired) electrons. The second-order valence-corrected chi connectivity index (χ2v) is 11.4. The van der Waals surface area contributed by atoms with E-state index in [0.717, 1.165) is 19.3 Å². The number of hydrogen-bond acceptors (Lipinski definition) is 4. The van der Waals surface area contributed by atoms with Gasteiger partial charge in [-0.2, -0.15) is 11.8 Å². The van der Waals surface area contributed by atoms with Crippen LogP contribution in [0.25, 0.3) is 0 Å². The minimum Gasteiger partial charge on any atom is -0.374 e. The van der Waals surface area contributed by atoms with Crippen LogP contribution in [-0.2, 0) is 9.53 Å². The van der Waals surface area contributed by atoms with Crippen molar-refractivity contribution in [2.45, 2.75) is 104 Å². The number of thioether (sulfide) groups is 1. The van der Waals surface area contributed by atoms with Crippen molar-refractivity contribution in [3.05, 3.63) is 23.8 Å². The summed E-state index contributed by atoms with van der Waals surface area (Å²) in [6, 6.07) is 0. The number of hydroxylamine groups is 2. The van der Waals surface area contributed by atoms with E-state index in [1.807, 2.05) is 13.8 Å². The predicted octanol–water partition coefficient (Wildman–Crippen LogP) is 7.03. The van der Waals surface area contributed by atoms with Crippen LogP contribution in [0.4, 0.5) is 0 Å². The zero-order chi connectivity index (χ0) is 23.6. The lowest BCUT2D eigenvalue weighted by Gasteiger charge is -2.27. The van der Waals surface area contributed by atoms with E-state index in [1.54, 1.807) is 5.57 Å². The van der Waals surface area contributed by atoms with Gasteiger partial charge in [0.05, 0.1) is 12.2 Å². The summed E-state index contributed by atoms with van der Waals surface area (Å²) in [6.07, 6.45) is 19.3. The van der Waals surface area contributed by atoms with E-state index in [2.05, 4.69) is 43.8 Å².